The summed E-state index contributed by atoms with van der Waals surface area (Å²) >= 11 is 1.51. The van der Waals surface area contributed by atoms with Gasteiger partial charge in [-0.15, -0.1) is 11.3 Å². The fourth-order valence-electron chi connectivity index (χ4n) is 2.66. The van der Waals surface area contributed by atoms with Crippen LogP contribution in [0.1, 0.15) is 60.0 Å². The molecule has 0 aromatic carbocycles. The molecule has 1 aliphatic rings. The van der Waals surface area contributed by atoms with Gasteiger partial charge in [0.2, 0.25) is 0 Å². The van der Waals surface area contributed by atoms with Crippen LogP contribution in [0.15, 0.2) is 12.1 Å². The van der Waals surface area contributed by atoms with Gasteiger partial charge >= 0.3 is 6.03 Å². The van der Waals surface area contributed by atoms with Crippen molar-refractivity contribution in [2.45, 2.75) is 57.9 Å². The lowest BCUT2D eigenvalue weighted by Gasteiger charge is -2.16. The molecule has 4 nitrogen and oxygen atoms in total. The lowest BCUT2D eigenvalue weighted by molar-refractivity contribution is 0.102. The molecule has 2 amide bonds. The number of Topliss-reactive ketones (excluding diaryl/α,β-unsaturated/α-hetero) is 1. The van der Waals surface area contributed by atoms with Crippen LogP contribution in [0, 0.1) is 0 Å². The van der Waals surface area contributed by atoms with Crippen LogP contribution in [0.25, 0.3) is 0 Å². The topological polar surface area (TPSA) is 58.2 Å². The van der Waals surface area contributed by atoms with Gasteiger partial charge in [-0.2, -0.15) is 0 Å². The maximum atomic E-state index is 11.9. The number of amides is 2. The SMILES string of the molecule is CC(=O)c1ccc(CCNC(=O)NC2CCCCCC2)s1. The zero-order chi connectivity index (χ0) is 15.1. The van der Waals surface area contributed by atoms with E-state index in [0.717, 1.165) is 29.0 Å². The van der Waals surface area contributed by atoms with Crippen LogP contribution < -0.4 is 10.6 Å². The Morgan fingerprint density at radius 2 is 1.90 bits per heavy atom. The third kappa shape index (κ3) is 5.50. The van der Waals surface area contributed by atoms with E-state index in [1.165, 1.54) is 37.0 Å². The van der Waals surface area contributed by atoms with Crippen molar-refractivity contribution >= 4 is 23.2 Å². The molecule has 2 N–H and O–H groups in total. The average molecular weight is 308 g/mol. The van der Waals surface area contributed by atoms with Gasteiger partial charge < -0.3 is 10.6 Å². The van der Waals surface area contributed by atoms with E-state index in [1.54, 1.807) is 6.92 Å². The number of rotatable bonds is 5. The van der Waals surface area contributed by atoms with Gasteiger partial charge in [-0.05, 0) is 38.3 Å². The maximum absolute atomic E-state index is 11.9. The van der Waals surface area contributed by atoms with E-state index in [1.807, 2.05) is 12.1 Å². The number of ketones is 1. The van der Waals surface area contributed by atoms with Crippen molar-refractivity contribution in [3.8, 4) is 0 Å². The summed E-state index contributed by atoms with van der Waals surface area (Å²) in [6, 6.07) is 4.09. The highest BCUT2D eigenvalue weighted by molar-refractivity contribution is 7.14. The molecule has 21 heavy (non-hydrogen) atoms. The molecule has 2 rings (SSSR count). The van der Waals surface area contributed by atoms with Crippen LogP contribution in [0.3, 0.4) is 0 Å². The Kier molecular flexibility index (Phi) is 6.23. The Bertz CT molecular complexity index is 476. The van der Waals surface area contributed by atoms with E-state index < -0.39 is 0 Å². The van der Waals surface area contributed by atoms with Gasteiger partial charge in [0.1, 0.15) is 0 Å². The van der Waals surface area contributed by atoms with E-state index in [9.17, 15) is 9.59 Å². The van der Waals surface area contributed by atoms with E-state index >= 15 is 0 Å². The summed E-state index contributed by atoms with van der Waals surface area (Å²) in [7, 11) is 0. The highest BCUT2D eigenvalue weighted by Gasteiger charge is 2.14. The number of hydrogen-bond acceptors (Lipinski definition) is 3. The molecular formula is C16H24N2O2S. The Morgan fingerprint density at radius 3 is 2.52 bits per heavy atom. The quantitative estimate of drug-likeness (QED) is 0.646. The summed E-state index contributed by atoms with van der Waals surface area (Å²) in [6.45, 7) is 2.18. The monoisotopic (exact) mass is 308 g/mol. The van der Waals surface area contributed by atoms with Gasteiger partial charge in [0.15, 0.2) is 5.78 Å². The smallest absolute Gasteiger partial charge is 0.315 e. The second-order valence-electron chi connectivity index (χ2n) is 5.66. The average Bonchev–Trinajstić information content (AvgIpc) is 2.77. The predicted molar refractivity (Wildman–Crippen MR) is 86.1 cm³/mol. The van der Waals surface area contributed by atoms with Gasteiger partial charge in [-0.1, -0.05) is 25.7 Å². The highest BCUT2D eigenvalue weighted by atomic mass is 32.1. The molecule has 1 aliphatic carbocycles. The van der Waals surface area contributed by atoms with Gasteiger partial charge in [0.05, 0.1) is 4.88 Å². The van der Waals surface area contributed by atoms with Crippen LogP contribution in [0.4, 0.5) is 4.79 Å². The van der Waals surface area contributed by atoms with E-state index in [4.69, 9.17) is 0 Å². The minimum atomic E-state index is -0.0646. The molecule has 1 aromatic rings. The van der Waals surface area contributed by atoms with E-state index in [0.29, 0.717) is 12.6 Å². The van der Waals surface area contributed by atoms with Crippen molar-refractivity contribution in [3.63, 3.8) is 0 Å². The number of carbonyl (C=O) groups excluding carboxylic acids is 2. The molecule has 5 heteroatoms. The first kappa shape index (κ1) is 16.0. The molecule has 0 atom stereocenters. The minimum absolute atomic E-state index is 0.0646. The summed E-state index contributed by atoms with van der Waals surface area (Å²) in [5.74, 6) is 0.102. The third-order valence-corrected chi connectivity index (χ3v) is 5.10. The van der Waals surface area contributed by atoms with Crippen molar-refractivity contribution < 1.29 is 9.59 Å². The Morgan fingerprint density at radius 1 is 1.19 bits per heavy atom. The molecule has 0 aliphatic heterocycles. The van der Waals surface area contributed by atoms with Crippen LogP contribution in [0.2, 0.25) is 0 Å². The number of carbonyl (C=O) groups is 2. The van der Waals surface area contributed by atoms with Crippen molar-refractivity contribution in [3.05, 3.63) is 21.9 Å². The number of urea groups is 1. The molecule has 0 spiro atoms. The Hall–Kier alpha value is -1.36. The first-order valence-corrected chi connectivity index (χ1v) is 8.61. The van der Waals surface area contributed by atoms with Gasteiger partial charge in [-0.25, -0.2) is 4.79 Å². The van der Waals surface area contributed by atoms with Crippen molar-refractivity contribution in [1.29, 1.82) is 0 Å². The van der Waals surface area contributed by atoms with Crippen molar-refractivity contribution in [2.24, 2.45) is 0 Å². The number of thiophene rings is 1. The minimum Gasteiger partial charge on any atom is -0.338 e. The van der Waals surface area contributed by atoms with Crippen molar-refractivity contribution in [1.82, 2.24) is 10.6 Å². The molecule has 0 unspecified atom stereocenters. The normalized spacial score (nSPS) is 16.2. The molecule has 116 valence electrons. The van der Waals surface area contributed by atoms with Crippen LogP contribution in [-0.4, -0.2) is 24.4 Å². The summed E-state index contributed by atoms with van der Waals surface area (Å²) in [5.41, 5.74) is 0. The first-order valence-electron chi connectivity index (χ1n) is 7.79. The van der Waals surface area contributed by atoms with Gasteiger partial charge in [-0.3, -0.25) is 4.79 Å². The van der Waals surface area contributed by atoms with E-state index in [2.05, 4.69) is 10.6 Å². The molecule has 1 saturated carbocycles. The Labute approximate surface area is 130 Å². The summed E-state index contributed by atoms with van der Waals surface area (Å²) in [4.78, 5) is 25.0. The fraction of sp³-hybridized carbons (Fsp3) is 0.625. The van der Waals surface area contributed by atoms with Gasteiger partial charge in [0.25, 0.3) is 0 Å². The lowest BCUT2D eigenvalue weighted by Crippen LogP contribution is -2.42. The van der Waals surface area contributed by atoms with Crippen molar-refractivity contribution in [2.75, 3.05) is 6.54 Å². The largest absolute Gasteiger partial charge is 0.338 e. The van der Waals surface area contributed by atoms with Gasteiger partial charge in [0, 0.05) is 17.5 Å². The molecular weight excluding hydrogens is 284 g/mol. The maximum Gasteiger partial charge on any atom is 0.315 e. The standard InChI is InChI=1S/C16H24N2O2S/c1-12(19)15-9-8-14(21-15)10-11-17-16(20)18-13-6-4-2-3-5-7-13/h8-9,13H,2-7,10-11H2,1H3,(H2,17,18,20). The zero-order valence-electron chi connectivity index (χ0n) is 12.6. The lowest BCUT2D eigenvalue weighted by atomic mass is 10.1. The summed E-state index contributed by atoms with van der Waals surface area (Å²) in [5, 5.41) is 5.98. The highest BCUT2D eigenvalue weighted by Crippen LogP contribution is 2.18. The van der Waals surface area contributed by atoms with Crippen LogP contribution in [-0.2, 0) is 6.42 Å². The summed E-state index contributed by atoms with van der Waals surface area (Å²) < 4.78 is 0. The number of nitrogens with one attached hydrogen (secondary N) is 2. The number of hydrogen-bond donors (Lipinski definition) is 2. The third-order valence-electron chi connectivity index (χ3n) is 3.86. The molecule has 1 fully saturated rings. The van der Waals surface area contributed by atoms with Crippen LogP contribution >= 0.6 is 11.3 Å². The predicted octanol–water partition coefficient (Wildman–Crippen LogP) is 3.52. The summed E-state index contributed by atoms with van der Waals surface area (Å²) in [6.07, 6.45) is 7.98. The fourth-order valence-corrected chi connectivity index (χ4v) is 3.56. The van der Waals surface area contributed by atoms with E-state index in [-0.39, 0.29) is 11.8 Å². The first-order chi connectivity index (χ1) is 10.1. The second kappa shape index (κ2) is 8.17. The second-order valence-corrected chi connectivity index (χ2v) is 6.83. The molecule has 0 saturated heterocycles. The molecule has 1 aromatic heterocycles. The Balaban J connectivity index is 1.67. The molecule has 1 heterocycles. The zero-order valence-corrected chi connectivity index (χ0v) is 13.4. The van der Waals surface area contributed by atoms with Crippen LogP contribution in [0.5, 0.6) is 0 Å². The molecule has 0 bridgehead atoms. The molecule has 0 radical (unpaired) electrons.